The summed E-state index contributed by atoms with van der Waals surface area (Å²) in [5.74, 6) is -0.440. The fourth-order valence-electron chi connectivity index (χ4n) is 3.28. The summed E-state index contributed by atoms with van der Waals surface area (Å²) in [6.07, 6.45) is 0. The van der Waals surface area contributed by atoms with Crippen LogP contribution < -0.4 is 5.32 Å². The Morgan fingerprint density at radius 3 is 2.59 bits per heavy atom. The summed E-state index contributed by atoms with van der Waals surface area (Å²) >= 11 is 0. The topological polar surface area (TPSA) is 74.7 Å². The smallest absolute Gasteiger partial charge is 0.336 e. The summed E-state index contributed by atoms with van der Waals surface area (Å²) in [6, 6.07) is 17.0. The highest BCUT2D eigenvalue weighted by Crippen LogP contribution is 2.23. The first kappa shape index (κ1) is 17.5. The van der Waals surface area contributed by atoms with E-state index in [1.54, 1.807) is 12.1 Å². The van der Waals surface area contributed by atoms with Crippen LogP contribution in [0.2, 0.25) is 0 Å². The molecule has 6 heteroatoms. The highest BCUT2D eigenvalue weighted by atomic mass is 16.5. The second-order valence-corrected chi connectivity index (χ2v) is 6.59. The maximum atomic E-state index is 11.6. The number of carboxylic acid groups (broad SMARTS) is 1. The normalized spacial score (nSPS) is 15.0. The number of nitrogens with zero attached hydrogens (tertiary/aromatic N) is 2. The van der Waals surface area contributed by atoms with Crippen molar-refractivity contribution in [2.75, 3.05) is 31.6 Å². The maximum Gasteiger partial charge on any atom is 0.336 e. The Bertz CT molecular complexity index is 951. The molecule has 1 aliphatic rings. The van der Waals surface area contributed by atoms with E-state index in [1.807, 2.05) is 30.3 Å². The summed E-state index contributed by atoms with van der Waals surface area (Å²) in [7, 11) is 0. The summed E-state index contributed by atoms with van der Waals surface area (Å²) in [6.45, 7) is 4.40. The van der Waals surface area contributed by atoms with Crippen molar-refractivity contribution in [3.8, 4) is 0 Å². The van der Waals surface area contributed by atoms with Gasteiger partial charge in [-0.3, -0.25) is 4.90 Å². The van der Waals surface area contributed by atoms with Crippen molar-refractivity contribution in [1.82, 2.24) is 9.88 Å². The van der Waals surface area contributed by atoms with Gasteiger partial charge in [0.15, 0.2) is 0 Å². The third kappa shape index (κ3) is 4.07. The lowest BCUT2D eigenvalue weighted by molar-refractivity contribution is 0.0342. The molecule has 0 saturated carbocycles. The number of carboxylic acids is 1. The number of pyridine rings is 1. The van der Waals surface area contributed by atoms with Gasteiger partial charge in [-0.1, -0.05) is 30.3 Å². The highest BCUT2D eigenvalue weighted by molar-refractivity contribution is 6.03. The highest BCUT2D eigenvalue weighted by Gasteiger charge is 2.12. The zero-order valence-corrected chi connectivity index (χ0v) is 14.9. The average molecular weight is 363 g/mol. The van der Waals surface area contributed by atoms with E-state index in [2.05, 4.69) is 27.3 Å². The Morgan fingerprint density at radius 2 is 1.85 bits per heavy atom. The average Bonchev–Trinajstić information content (AvgIpc) is 2.69. The molecule has 6 nitrogen and oxygen atoms in total. The zero-order valence-electron chi connectivity index (χ0n) is 14.9. The van der Waals surface area contributed by atoms with Gasteiger partial charge in [-0.15, -0.1) is 0 Å². The van der Waals surface area contributed by atoms with E-state index in [-0.39, 0.29) is 5.56 Å². The van der Waals surface area contributed by atoms with E-state index in [1.165, 1.54) is 5.56 Å². The Morgan fingerprint density at radius 1 is 1.11 bits per heavy atom. The van der Waals surface area contributed by atoms with Gasteiger partial charge in [-0.25, -0.2) is 9.78 Å². The lowest BCUT2D eigenvalue weighted by Gasteiger charge is -2.26. The summed E-state index contributed by atoms with van der Waals surface area (Å²) in [5, 5.41) is 13.3. The molecule has 27 heavy (non-hydrogen) atoms. The van der Waals surface area contributed by atoms with Crippen LogP contribution in [0.1, 0.15) is 15.9 Å². The Hall–Kier alpha value is -2.96. The third-order valence-corrected chi connectivity index (χ3v) is 4.68. The molecule has 2 aromatic carbocycles. The number of carbonyl (C=O) groups is 1. The van der Waals surface area contributed by atoms with Crippen molar-refractivity contribution >= 4 is 28.4 Å². The van der Waals surface area contributed by atoms with Gasteiger partial charge in [0.2, 0.25) is 0 Å². The van der Waals surface area contributed by atoms with Gasteiger partial charge in [0.05, 0.1) is 24.3 Å². The first-order valence-electron chi connectivity index (χ1n) is 8.98. The number of aromatic carboxylic acids is 1. The van der Waals surface area contributed by atoms with Crippen molar-refractivity contribution in [1.29, 1.82) is 0 Å². The van der Waals surface area contributed by atoms with Crippen molar-refractivity contribution in [2.45, 2.75) is 6.54 Å². The first-order valence-corrected chi connectivity index (χ1v) is 8.98. The quantitative estimate of drug-likeness (QED) is 0.723. The molecule has 0 aliphatic carbocycles. The molecule has 0 bridgehead atoms. The summed E-state index contributed by atoms with van der Waals surface area (Å²) in [4.78, 5) is 18.5. The zero-order chi connectivity index (χ0) is 18.6. The van der Waals surface area contributed by atoms with Crippen molar-refractivity contribution in [3.05, 3.63) is 65.7 Å². The van der Waals surface area contributed by atoms with Crippen LogP contribution in [-0.2, 0) is 11.3 Å². The third-order valence-electron chi connectivity index (χ3n) is 4.68. The van der Waals surface area contributed by atoms with Gasteiger partial charge in [0.25, 0.3) is 0 Å². The summed E-state index contributed by atoms with van der Waals surface area (Å²) < 4.78 is 5.38. The molecular weight excluding hydrogens is 342 g/mol. The number of fused-ring (bicyclic) bond motifs is 1. The second-order valence-electron chi connectivity index (χ2n) is 6.59. The summed E-state index contributed by atoms with van der Waals surface area (Å²) in [5.41, 5.74) is 3.01. The minimum absolute atomic E-state index is 0.243. The number of rotatable bonds is 5. The van der Waals surface area contributed by atoms with E-state index >= 15 is 0 Å². The molecular formula is C21H21N3O3. The number of aromatic nitrogens is 1. The maximum absolute atomic E-state index is 11.6. The van der Waals surface area contributed by atoms with E-state index in [9.17, 15) is 9.90 Å². The van der Waals surface area contributed by atoms with E-state index in [0.29, 0.717) is 16.7 Å². The molecule has 1 saturated heterocycles. The number of nitrogens with one attached hydrogen (secondary N) is 1. The predicted molar refractivity (Wildman–Crippen MR) is 105 cm³/mol. The minimum atomic E-state index is -0.961. The van der Waals surface area contributed by atoms with Crippen molar-refractivity contribution in [3.63, 3.8) is 0 Å². The molecule has 2 heterocycles. The number of morpholine rings is 1. The molecule has 4 rings (SSSR count). The predicted octanol–water partition coefficient (Wildman–Crippen LogP) is 3.51. The monoisotopic (exact) mass is 363 g/mol. The van der Waals surface area contributed by atoms with Crippen LogP contribution in [0.3, 0.4) is 0 Å². The molecule has 0 radical (unpaired) electrons. The van der Waals surface area contributed by atoms with Gasteiger partial charge in [-0.2, -0.15) is 0 Å². The fourth-order valence-corrected chi connectivity index (χ4v) is 3.28. The molecule has 1 aliphatic heterocycles. The Balaban J connectivity index is 1.52. The number of hydrogen-bond acceptors (Lipinski definition) is 5. The molecule has 0 spiro atoms. The van der Waals surface area contributed by atoms with Crippen LogP contribution in [0.15, 0.2) is 54.6 Å². The molecule has 0 unspecified atom stereocenters. The van der Waals surface area contributed by atoms with Crippen molar-refractivity contribution in [2.24, 2.45) is 0 Å². The van der Waals surface area contributed by atoms with E-state index in [4.69, 9.17) is 4.74 Å². The molecule has 138 valence electrons. The van der Waals surface area contributed by atoms with E-state index < -0.39 is 5.97 Å². The lowest BCUT2D eigenvalue weighted by atomic mass is 10.1. The standard InChI is InChI=1S/C21H21N3O3/c25-21(26)18-13-20(23-19-4-2-1-3-17(18)19)22-16-7-5-15(6-8-16)14-24-9-11-27-12-10-24/h1-8,13H,9-12,14H2,(H,22,23)(H,25,26). The number of anilines is 2. The van der Waals surface area contributed by atoms with Crippen LogP contribution >= 0.6 is 0 Å². The van der Waals surface area contributed by atoms with Gasteiger partial charge in [0.1, 0.15) is 5.82 Å². The van der Waals surface area contributed by atoms with Crippen LogP contribution in [0.5, 0.6) is 0 Å². The fraction of sp³-hybridized carbons (Fsp3) is 0.238. The first-order chi connectivity index (χ1) is 13.2. The molecule has 0 amide bonds. The SMILES string of the molecule is O=C(O)c1cc(Nc2ccc(CN3CCOCC3)cc2)nc2ccccc12. The van der Waals surface area contributed by atoms with Crippen LogP contribution in [0, 0.1) is 0 Å². The Kier molecular flexibility index (Phi) is 5.00. The molecule has 0 atom stereocenters. The Labute approximate surface area is 157 Å². The molecule has 1 aromatic heterocycles. The second kappa shape index (κ2) is 7.73. The number of benzene rings is 2. The molecule has 1 fully saturated rings. The van der Waals surface area contributed by atoms with Crippen LogP contribution in [0.4, 0.5) is 11.5 Å². The minimum Gasteiger partial charge on any atom is -0.478 e. The van der Waals surface area contributed by atoms with Crippen LogP contribution in [0.25, 0.3) is 10.9 Å². The lowest BCUT2D eigenvalue weighted by Crippen LogP contribution is -2.35. The number of ether oxygens (including phenoxy) is 1. The van der Waals surface area contributed by atoms with Gasteiger partial charge >= 0.3 is 5.97 Å². The molecule has 3 aromatic rings. The van der Waals surface area contributed by atoms with E-state index in [0.717, 1.165) is 38.5 Å². The number of hydrogen-bond donors (Lipinski definition) is 2. The van der Waals surface area contributed by atoms with Crippen molar-refractivity contribution < 1.29 is 14.6 Å². The molecule has 2 N–H and O–H groups in total. The van der Waals surface area contributed by atoms with Gasteiger partial charge in [0, 0.05) is 30.7 Å². The van der Waals surface area contributed by atoms with Gasteiger partial charge < -0.3 is 15.2 Å². The van der Waals surface area contributed by atoms with Gasteiger partial charge in [-0.05, 0) is 29.8 Å². The number of para-hydroxylation sites is 1. The largest absolute Gasteiger partial charge is 0.478 e. The van der Waals surface area contributed by atoms with Crippen LogP contribution in [-0.4, -0.2) is 47.3 Å².